The first-order chi connectivity index (χ1) is 14.0. The van der Waals surface area contributed by atoms with Crippen molar-refractivity contribution in [1.29, 1.82) is 5.26 Å². The van der Waals surface area contributed by atoms with Gasteiger partial charge in [-0.25, -0.2) is 0 Å². The fourth-order valence-corrected chi connectivity index (χ4v) is 5.13. The number of nitrogens with one attached hydrogen (secondary N) is 2. The van der Waals surface area contributed by atoms with E-state index in [2.05, 4.69) is 23.3 Å². The molecule has 0 saturated carbocycles. The van der Waals surface area contributed by atoms with Crippen LogP contribution in [0.3, 0.4) is 0 Å². The van der Waals surface area contributed by atoms with Gasteiger partial charge in [-0.2, -0.15) is 5.26 Å². The van der Waals surface area contributed by atoms with Gasteiger partial charge in [0.1, 0.15) is 11.1 Å². The minimum atomic E-state index is -0.468. The maximum Gasteiger partial charge on any atom is 0.310 e. The van der Waals surface area contributed by atoms with Crippen molar-refractivity contribution in [3.63, 3.8) is 0 Å². The molecular weight excluding hydrogens is 386 g/mol. The van der Waals surface area contributed by atoms with Crippen LogP contribution >= 0.6 is 11.3 Å². The number of hydrogen-bond acceptors (Lipinski definition) is 5. The quantitative estimate of drug-likeness (QED) is 0.626. The summed E-state index contributed by atoms with van der Waals surface area (Å²) < 4.78 is 5.15. The molecule has 6 nitrogen and oxygen atoms in total. The largest absolute Gasteiger partial charge is 0.455 e. The van der Waals surface area contributed by atoms with Gasteiger partial charge >= 0.3 is 5.97 Å². The molecule has 1 aliphatic rings. The summed E-state index contributed by atoms with van der Waals surface area (Å²) in [5.41, 5.74) is 3.39. The third-order valence-electron chi connectivity index (χ3n) is 5.25. The minimum Gasteiger partial charge on any atom is -0.455 e. The number of H-pyrrole nitrogens is 1. The van der Waals surface area contributed by atoms with E-state index in [1.807, 2.05) is 24.3 Å². The summed E-state index contributed by atoms with van der Waals surface area (Å²) in [5.74, 6) is -0.313. The molecule has 3 aromatic rings. The van der Waals surface area contributed by atoms with Crippen molar-refractivity contribution < 1.29 is 14.3 Å². The van der Waals surface area contributed by atoms with Crippen LogP contribution in [0.1, 0.15) is 34.9 Å². The van der Waals surface area contributed by atoms with Crippen molar-refractivity contribution in [3.05, 3.63) is 52.0 Å². The van der Waals surface area contributed by atoms with E-state index in [0.29, 0.717) is 16.5 Å². The Balaban J connectivity index is 1.36. The molecule has 2 heterocycles. The number of ether oxygens (including phenoxy) is 1. The third-order valence-corrected chi connectivity index (χ3v) is 6.42. The number of amides is 1. The van der Waals surface area contributed by atoms with E-state index in [1.54, 1.807) is 6.20 Å². The van der Waals surface area contributed by atoms with Crippen molar-refractivity contribution in [3.8, 4) is 6.07 Å². The first-order valence-corrected chi connectivity index (χ1v) is 10.4. The minimum absolute atomic E-state index is 0.0892. The summed E-state index contributed by atoms with van der Waals surface area (Å²) >= 11 is 1.46. The molecule has 1 amide bonds. The number of aromatic nitrogens is 1. The number of thiophene rings is 1. The van der Waals surface area contributed by atoms with Crippen molar-refractivity contribution >= 4 is 39.1 Å². The highest BCUT2D eigenvalue weighted by molar-refractivity contribution is 7.16. The number of hydrogen-bond donors (Lipinski definition) is 2. The van der Waals surface area contributed by atoms with Crippen molar-refractivity contribution in [2.45, 2.75) is 32.6 Å². The topological polar surface area (TPSA) is 95.0 Å². The van der Waals surface area contributed by atoms with Crippen molar-refractivity contribution in [1.82, 2.24) is 4.98 Å². The van der Waals surface area contributed by atoms with E-state index >= 15 is 0 Å². The molecule has 1 atom stereocenters. The normalized spacial score (nSPS) is 15.5. The van der Waals surface area contributed by atoms with Crippen LogP contribution in [0.2, 0.25) is 0 Å². The average Bonchev–Trinajstić information content (AvgIpc) is 3.26. The van der Waals surface area contributed by atoms with Crippen LogP contribution in [0, 0.1) is 17.2 Å². The van der Waals surface area contributed by atoms with E-state index in [9.17, 15) is 14.9 Å². The maximum atomic E-state index is 12.3. The Bertz CT molecular complexity index is 1120. The van der Waals surface area contributed by atoms with E-state index in [0.717, 1.165) is 41.3 Å². The van der Waals surface area contributed by atoms with Crippen LogP contribution in [0.5, 0.6) is 0 Å². The maximum absolute atomic E-state index is 12.3. The molecule has 0 aliphatic heterocycles. The van der Waals surface area contributed by atoms with Crippen LogP contribution in [-0.4, -0.2) is 23.5 Å². The smallest absolute Gasteiger partial charge is 0.310 e. The molecule has 0 fully saturated rings. The van der Waals surface area contributed by atoms with Crippen LogP contribution in [-0.2, 0) is 33.6 Å². The summed E-state index contributed by atoms with van der Waals surface area (Å²) in [6.07, 6.45) is 4.72. The molecular formula is C22H21N3O3S. The van der Waals surface area contributed by atoms with Gasteiger partial charge in [-0.3, -0.25) is 9.59 Å². The second-order valence-corrected chi connectivity index (χ2v) is 8.52. The molecule has 0 spiro atoms. The number of esters is 1. The zero-order chi connectivity index (χ0) is 20.4. The highest BCUT2D eigenvalue weighted by Crippen LogP contribution is 2.39. The van der Waals surface area contributed by atoms with Gasteiger partial charge in [-0.05, 0) is 42.4 Å². The predicted molar refractivity (Wildman–Crippen MR) is 112 cm³/mol. The molecule has 148 valence electrons. The Labute approximate surface area is 172 Å². The van der Waals surface area contributed by atoms with Gasteiger partial charge in [0.2, 0.25) is 0 Å². The van der Waals surface area contributed by atoms with Crippen molar-refractivity contribution in [2.75, 3.05) is 11.9 Å². The van der Waals surface area contributed by atoms with E-state index in [4.69, 9.17) is 4.74 Å². The number of carbonyl (C=O) groups is 2. The van der Waals surface area contributed by atoms with Gasteiger partial charge in [0.05, 0.1) is 12.0 Å². The second kappa shape index (κ2) is 8.10. The molecule has 0 saturated heterocycles. The summed E-state index contributed by atoms with van der Waals surface area (Å²) in [6, 6.07) is 9.92. The fraction of sp³-hybridized carbons (Fsp3) is 0.318. The van der Waals surface area contributed by atoms with Gasteiger partial charge in [-0.15, -0.1) is 11.3 Å². The molecule has 1 aromatic carbocycles. The predicted octanol–water partition coefficient (Wildman–Crippen LogP) is 3.95. The number of benzene rings is 1. The summed E-state index contributed by atoms with van der Waals surface area (Å²) in [7, 11) is 0. The second-order valence-electron chi connectivity index (χ2n) is 7.41. The molecule has 4 rings (SSSR count). The fourth-order valence-electron chi connectivity index (χ4n) is 3.75. The molecule has 0 bridgehead atoms. The van der Waals surface area contributed by atoms with Crippen LogP contribution < -0.4 is 5.32 Å². The number of rotatable bonds is 5. The van der Waals surface area contributed by atoms with E-state index in [-0.39, 0.29) is 13.0 Å². The zero-order valence-electron chi connectivity index (χ0n) is 16.1. The Hall–Kier alpha value is -3.11. The van der Waals surface area contributed by atoms with Crippen molar-refractivity contribution in [2.24, 2.45) is 5.92 Å². The Morgan fingerprint density at radius 2 is 2.21 bits per heavy atom. The molecule has 2 aromatic heterocycles. The molecule has 7 heteroatoms. The Kier molecular flexibility index (Phi) is 5.36. The first kappa shape index (κ1) is 19.2. The Morgan fingerprint density at radius 1 is 1.38 bits per heavy atom. The lowest BCUT2D eigenvalue weighted by molar-refractivity contribution is -0.146. The summed E-state index contributed by atoms with van der Waals surface area (Å²) in [5, 5.41) is 13.8. The van der Waals surface area contributed by atoms with Crippen LogP contribution in [0.15, 0.2) is 30.5 Å². The van der Waals surface area contributed by atoms with Crippen LogP contribution in [0.4, 0.5) is 5.00 Å². The molecule has 29 heavy (non-hydrogen) atoms. The van der Waals surface area contributed by atoms with E-state index in [1.165, 1.54) is 16.2 Å². The number of nitriles is 1. The highest BCUT2D eigenvalue weighted by Gasteiger charge is 2.24. The standard InChI is InChI=1S/C22H21N3O3S/c1-13-6-7-16-17(10-23)22(29-19(16)8-13)25-20(26)12-28-21(27)9-14-11-24-18-5-3-2-4-15(14)18/h2-5,11,13,24H,6-9,12H2,1H3,(H,25,26)/t13-/m1/s1. The highest BCUT2D eigenvalue weighted by atomic mass is 32.1. The molecule has 2 N–H and O–H groups in total. The Morgan fingerprint density at radius 3 is 3.03 bits per heavy atom. The lowest BCUT2D eigenvalue weighted by Gasteiger charge is -2.17. The van der Waals surface area contributed by atoms with Gasteiger partial charge in [0.15, 0.2) is 6.61 Å². The van der Waals surface area contributed by atoms with E-state index < -0.39 is 11.9 Å². The SMILES string of the molecule is C[C@@H]1CCc2c(sc(NC(=O)COC(=O)Cc3c[nH]c4ccccc34)c2C#N)C1. The number of para-hydroxylation sites is 1. The summed E-state index contributed by atoms with van der Waals surface area (Å²) in [6.45, 7) is 1.82. The monoisotopic (exact) mass is 407 g/mol. The van der Waals surface area contributed by atoms with Crippen LogP contribution in [0.25, 0.3) is 10.9 Å². The number of anilines is 1. The lowest BCUT2D eigenvalue weighted by Crippen LogP contribution is -2.21. The molecule has 1 aliphatic carbocycles. The number of aromatic amines is 1. The first-order valence-electron chi connectivity index (χ1n) is 9.60. The van der Waals surface area contributed by atoms with Gasteiger partial charge in [0, 0.05) is 22.0 Å². The number of carbonyl (C=O) groups excluding carboxylic acids is 2. The van der Waals surface area contributed by atoms with Gasteiger partial charge in [0.25, 0.3) is 5.91 Å². The van der Waals surface area contributed by atoms with Gasteiger partial charge < -0.3 is 15.0 Å². The third kappa shape index (κ3) is 4.03. The number of fused-ring (bicyclic) bond motifs is 2. The van der Waals surface area contributed by atoms with Gasteiger partial charge in [-0.1, -0.05) is 25.1 Å². The molecule has 0 unspecified atom stereocenters. The lowest BCUT2D eigenvalue weighted by atomic mass is 9.89. The average molecular weight is 407 g/mol. The zero-order valence-corrected chi connectivity index (χ0v) is 16.9. The molecule has 0 radical (unpaired) electrons. The number of nitrogens with zero attached hydrogens (tertiary/aromatic N) is 1. The summed E-state index contributed by atoms with van der Waals surface area (Å²) in [4.78, 5) is 28.7.